The molecule has 2 aromatic carbocycles. The van der Waals surface area contributed by atoms with Crippen molar-refractivity contribution in [1.82, 2.24) is 5.32 Å². The molecule has 0 saturated carbocycles. The van der Waals surface area contributed by atoms with E-state index in [1.54, 1.807) is 0 Å². The van der Waals surface area contributed by atoms with E-state index in [1.165, 1.54) is 22.3 Å². The number of nitrogens with one attached hydrogen (secondary N) is 1. The van der Waals surface area contributed by atoms with Gasteiger partial charge in [0, 0.05) is 10.5 Å². The molecule has 1 atom stereocenters. The third kappa shape index (κ3) is 4.69. The van der Waals surface area contributed by atoms with Gasteiger partial charge in [0.1, 0.15) is 0 Å². The first-order chi connectivity index (χ1) is 10.1. The standard InChI is InChI=1S/C19H24BrN/c1-4-11-21-19(13-16-7-5-14(2)6-8-16)18-10-9-17(20)12-15(18)3/h5-10,12,19,21H,4,11,13H2,1-3H3. The Balaban J connectivity index is 2.22. The average molecular weight is 346 g/mol. The van der Waals surface area contributed by atoms with Gasteiger partial charge in [-0.2, -0.15) is 0 Å². The predicted molar refractivity (Wildman–Crippen MR) is 94.8 cm³/mol. The van der Waals surface area contributed by atoms with Crippen LogP contribution in [0.25, 0.3) is 0 Å². The second-order valence-corrected chi connectivity index (χ2v) is 6.61. The molecule has 0 aliphatic rings. The lowest BCUT2D eigenvalue weighted by molar-refractivity contribution is 0.527. The maximum atomic E-state index is 3.69. The molecule has 1 unspecified atom stereocenters. The van der Waals surface area contributed by atoms with Gasteiger partial charge in [-0.25, -0.2) is 0 Å². The van der Waals surface area contributed by atoms with Crippen molar-refractivity contribution in [3.63, 3.8) is 0 Å². The SMILES string of the molecule is CCCNC(Cc1ccc(C)cc1)c1ccc(Br)cc1C. The summed E-state index contributed by atoms with van der Waals surface area (Å²) >= 11 is 3.55. The fraction of sp³-hybridized carbons (Fsp3) is 0.368. The molecule has 112 valence electrons. The van der Waals surface area contributed by atoms with Crippen LogP contribution in [-0.4, -0.2) is 6.54 Å². The Labute approximate surface area is 136 Å². The molecule has 2 rings (SSSR count). The van der Waals surface area contributed by atoms with Crippen LogP contribution in [0.1, 0.15) is 41.6 Å². The Hall–Kier alpha value is -1.12. The largest absolute Gasteiger partial charge is 0.310 e. The van der Waals surface area contributed by atoms with Gasteiger partial charge in [0.2, 0.25) is 0 Å². The summed E-state index contributed by atoms with van der Waals surface area (Å²) in [4.78, 5) is 0. The lowest BCUT2D eigenvalue weighted by Crippen LogP contribution is -2.24. The fourth-order valence-electron chi connectivity index (χ4n) is 2.60. The van der Waals surface area contributed by atoms with Crippen LogP contribution in [-0.2, 0) is 6.42 Å². The van der Waals surface area contributed by atoms with Crippen LogP contribution < -0.4 is 5.32 Å². The van der Waals surface area contributed by atoms with Gasteiger partial charge < -0.3 is 5.32 Å². The first kappa shape index (κ1) is 16.3. The number of rotatable bonds is 6. The Bertz CT molecular complexity index is 575. The molecule has 1 nitrogen and oxygen atoms in total. The minimum Gasteiger partial charge on any atom is -0.310 e. The first-order valence-electron chi connectivity index (χ1n) is 7.65. The van der Waals surface area contributed by atoms with Crippen LogP contribution in [0.4, 0.5) is 0 Å². The molecule has 0 spiro atoms. The molecule has 0 heterocycles. The Morgan fingerprint density at radius 1 is 1.05 bits per heavy atom. The summed E-state index contributed by atoms with van der Waals surface area (Å²) in [5.41, 5.74) is 5.44. The minimum atomic E-state index is 0.376. The topological polar surface area (TPSA) is 12.0 Å². The van der Waals surface area contributed by atoms with Crippen LogP contribution >= 0.6 is 15.9 Å². The number of benzene rings is 2. The fourth-order valence-corrected chi connectivity index (χ4v) is 3.08. The van der Waals surface area contributed by atoms with E-state index in [4.69, 9.17) is 0 Å². The highest BCUT2D eigenvalue weighted by atomic mass is 79.9. The van der Waals surface area contributed by atoms with E-state index in [0.29, 0.717) is 6.04 Å². The zero-order valence-corrected chi connectivity index (χ0v) is 14.7. The van der Waals surface area contributed by atoms with Crippen molar-refractivity contribution in [3.05, 3.63) is 69.2 Å². The van der Waals surface area contributed by atoms with E-state index in [0.717, 1.165) is 23.9 Å². The Kier molecular flexibility index (Phi) is 6.01. The van der Waals surface area contributed by atoms with E-state index in [1.807, 2.05) is 0 Å². The van der Waals surface area contributed by atoms with Crippen molar-refractivity contribution in [2.75, 3.05) is 6.54 Å². The summed E-state index contributed by atoms with van der Waals surface area (Å²) in [7, 11) is 0. The van der Waals surface area contributed by atoms with E-state index in [9.17, 15) is 0 Å². The van der Waals surface area contributed by atoms with Crippen LogP contribution in [0.2, 0.25) is 0 Å². The molecule has 0 saturated heterocycles. The van der Waals surface area contributed by atoms with Crippen molar-refractivity contribution in [1.29, 1.82) is 0 Å². The Morgan fingerprint density at radius 2 is 1.76 bits per heavy atom. The van der Waals surface area contributed by atoms with Gasteiger partial charge in [-0.15, -0.1) is 0 Å². The van der Waals surface area contributed by atoms with Gasteiger partial charge in [0.05, 0.1) is 0 Å². The molecule has 0 amide bonds. The van der Waals surface area contributed by atoms with E-state index >= 15 is 0 Å². The summed E-state index contributed by atoms with van der Waals surface area (Å²) < 4.78 is 1.15. The first-order valence-corrected chi connectivity index (χ1v) is 8.44. The lowest BCUT2D eigenvalue weighted by atomic mass is 9.95. The quantitative estimate of drug-likeness (QED) is 0.743. The molecule has 0 aromatic heterocycles. The van der Waals surface area contributed by atoms with Crippen molar-refractivity contribution < 1.29 is 0 Å². The minimum absolute atomic E-state index is 0.376. The van der Waals surface area contributed by atoms with E-state index < -0.39 is 0 Å². The van der Waals surface area contributed by atoms with Gasteiger partial charge in [-0.1, -0.05) is 58.7 Å². The smallest absolute Gasteiger partial charge is 0.0363 e. The normalized spacial score (nSPS) is 12.4. The van der Waals surface area contributed by atoms with Gasteiger partial charge in [-0.05, 0) is 62.1 Å². The predicted octanol–water partition coefficient (Wildman–Crippen LogP) is 5.35. The molecule has 0 aliphatic heterocycles. The molecule has 2 heteroatoms. The van der Waals surface area contributed by atoms with Crippen molar-refractivity contribution >= 4 is 15.9 Å². The monoisotopic (exact) mass is 345 g/mol. The van der Waals surface area contributed by atoms with E-state index in [2.05, 4.69) is 84.5 Å². The number of aryl methyl sites for hydroxylation is 2. The van der Waals surface area contributed by atoms with Gasteiger partial charge in [-0.3, -0.25) is 0 Å². The summed E-state index contributed by atoms with van der Waals surface area (Å²) in [6.07, 6.45) is 2.18. The van der Waals surface area contributed by atoms with Crippen molar-refractivity contribution in [2.24, 2.45) is 0 Å². The molecule has 1 N–H and O–H groups in total. The highest BCUT2D eigenvalue weighted by Gasteiger charge is 2.14. The van der Waals surface area contributed by atoms with Gasteiger partial charge in [0.25, 0.3) is 0 Å². The summed E-state index contributed by atoms with van der Waals surface area (Å²) in [5.74, 6) is 0. The highest BCUT2D eigenvalue weighted by Crippen LogP contribution is 2.25. The molecule has 21 heavy (non-hydrogen) atoms. The average Bonchev–Trinajstić information content (AvgIpc) is 2.46. The second kappa shape index (κ2) is 7.77. The van der Waals surface area contributed by atoms with Crippen LogP contribution in [0.3, 0.4) is 0 Å². The van der Waals surface area contributed by atoms with Crippen LogP contribution in [0.15, 0.2) is 46.9 Å². The molecule has 2 aromatic rings. The summed E-state index contributed by atoms with van der Waals surface area (Å²) in [6, 6.07) is 15.8. The van der Waals surface area contributed by atoms with Crippen molar-refractivity contribution in [2.45, 2.75) is 39.7 Å². The van der Waals surface area contributed by atoms with Crippen LogP contribution in [0.5, 0.6) is 0 Å². The third-order valence-electron chi connectivity index (χ3n) is 3.81. The maximum Gasteiger partial charge on any atom is 0.0363 e. The zero-order valence-electron chi connectivity index (χ0n) is 13.1. The molecule has 0 bridgehead atoms. The Morgan fingerprint density at radius 3 is 2.38 bits per heavy atom. The van der Waals surface area contributed by atoms with Crippen molar-refractivity contribution in [3.8, 4) is 0 Å². The number of hydrogen-bond acceptors (Lipinski definition) is 1. The lowest BCUT2D eigenvalue weighted by Gasteiger charge is -2.21. The van der Waals surface area contributed by atoms with Gasteiger partial charge >= 0.3 is 0 Å². The molecular weight excluding hydrogens is 322 g/mol. The molecule has 0 fully saturated rings. The molecular formula is C19H24BrN. The van der Waals surface area contributed by atoms with E-state index in [-0.39, 0.29) is 0 Å². The molecule has 0 radical (unpaired) electrons. The summed E-state index contributed by atoms with van der Waals surface area (Å²) in [6.45, 7) is 7.59. The zero-order chi connectivity index (χ0) is 15.2. The van der Waals surface area contributed by atoms with Crippen LogP contribution in [0, 0.1) is 13.8 Å². The highest BCUT2D eigenvalue weighted by molar-refractivity contribution is 9.10. The third-order valence-corrected chi connectivity index (χ3v) is 4.30. The summed E-state index contributed by atoms with van der Waals surface area (Å²) in [5, 5.41) is 3.69. The number of halogens is 1. The second-order valence-electron chi connectivity index (χ2n) is 5.70. The molecule has 0 aliphatic carbocycles. The van der Waals surface area contributed by atoms with Gasteiger partial charge in [0.15, 0.2) is 0 Å². The maximum absolute atomic E-state index is 3.69. The number of hydrogen-bond donors (Lipinski definition) is 1.